The fourth-order valence-electron chi connectivity index (χ4n) is 2.00. The second kappa shape index (κ2) is 6.49. The Labute approximate surface area is 128 Å². The molecule has 0 heterocycles. The van der Waals surface area contributed by atoms with Gasteiger partial charge in [0.05, 0.1) is 12.6 Å². The predicted octanol–water partition coefficient (Wildman–Crippen LogP) is 4.31. The zero-order valence-corrected chi connectivity index (χ0v) is 12.8. The van der Waals surface area contributed by atoms with Gasteiger partial charge in [0.25, 0.3) is 0 Å². The van der Waals surface area contributed by atoms with Gasteiger partial charge in [-0.1, -0.05) is 22.0 Å². The van der Waals surface area contributed by atoms with Crippen molar-refractivity contribution in [1.29, 1.82) is 0 Å². The number of hydrogen-bond donors (Lipinski definition) is 1. The summed E-state index contributed by atoms with van der Waals surface area (Å²) in [6.07, 6.45) is 0. The lowest BCUT2D eigenvalue weighted by molar-refractivity contribution is 0.335. The maximum atomic E-state index is 13.9. The molecule has 0 radical (unpaired) electrons. The molecule has 2 nitrogen and oxygen atoms in total. The van der Waals surface area contributed by atoms with Gasteiger partial charge >= 0.3 is 0 Å². The largest absolute Gasteiger partial charge is 0.494 e. The van der Waals surface area contributed by atoms with Crippen molar-refractivity contribution >= 4 is 15.9 Å². The normalized spacial score (nSPS) is 12.3. The van der Waals surface area contributed by atoms with Crippen molar-refractivity contribution in [3.05, 3.63) is 63.4 Å². The van der Waals surface area contributed by atoms with Crippen LogP contribution in [-0.4, -0.2) is 6.61 Å². The molecule has 0 aromatic heterocycles. The first-order chi connectivity index (χ1) is 9.95. The molecular weight excluding hydrogens is 347 g/mol. The second-order valence-corrected chi connectivity index (χ2v) is 5.27. The molecule has 0 saturated heterocycles. The molecule has 0 aliphatic carbocycles. The van der Waals surface area contributed by atoms with Gasteiger partial charge in [0, 0.05) is 15.6 Å². The van der Waals surface area contributed by atoms with E-state index >= 15 is 0 Å². The quantitative estimate of drug-likeness (QED) is 0.825. The lowest BCUT2D eigenvalue weighted by Crippen LogP contribution is -2.16. The van der Waals surface area contributed by atoms with Crippen molar-refractivity contribution in [2.45, 2.75) is 13.0 Å². The number of benzene rings is 2. The average Bonchev–Trinajstić information content (AvgIpc) is 2.46. The summed E-state index contributed by atoms with van der Waals surface area (Å²) < 4.78 is 46.4. The van der Waals surface area contributed by atoms with Crippen molar-refractivity contribution in [1.82, 2.24) is 0 Å². The van der Waals surface area contributed by atoms with Crippen molar-refractivity contribution in [3.63, 3.8) is 0 Å². The van der Waals surface area contributed by atoms with Crippen LogP contribution in [0.25, 0.3) is 0 Å². The molecule has 2 aromatic rings. The fourth-order valence-corrected chi connectivity index (χ4v) is 2.38. The SMILES string of the molecule is CCOc1ccc(Br)cc1C(N)c1ccc(F)c(F)c1F. The van der Waals surface area contributed by atoms with Crippen LogP contribution in [-0.2, 0) is 0 Å². The van der Waals surface area contributed by atoms with Crippen LogP contribution in [0.4, 0.5) is 13.2 Å². The van der Waals surface area contributed by atoms with Crippen molar-refractivity contribution in [3.8, 4) is 5.75 Å². The molecule has 1 unspecified atom stereocenters. The molecule has 0 fully saturated rings. The first kappa shape index (κ1) is 15.9. The summed E-state index contributed by atoms with van der Waals surface area (Å²) >= 11 is 3.29. The summed E-state index contributed by atoms with van der Waals surface area (Å²) in [5, 5.41) is 0. The van der Waals surface area contributed by atoms with E-state index < -0.39 is 23.5 Å². The van der Waals surface area contributed by atoms with E-state index in [2.05, 4.69) is 15.9 Å². The van der Waals surface area contributed by atoms with E-state index in [1.54, 1.807) is 25.1 Å². The third-order valence-electron chi connectivity index (χ3n) is 3.01. The smallest absolute Gasteiger partial charge is 0.194 e. The molecule has 6 heteroatoms. The van der Waals surface area contributed by atoms with Crippen LogP contribution >= 0.6 is 15.9 Å². The van der Waals surface area contributed by atoms with Crippen molar-refractivity contribution < 1.29 is 17.9 Å². The molecule has 0 aliphatic heterocycles. The van der Waals surface area contributed by atoms with E-state index in [4.69, 9.17) is 10.5 Å². The number of rotatable bonds is 4. The minimum absolute atomic E-state index is 0.132. The molecule has 21 heavy (non-hydrogen) atoms. The van der Waals surface area contributed by atoms with Crippen LogP contribution in [0.3, 0.4) is 0 Å². The van der Waals surface area contributed by atoms with E-state index in [0.717, 1.165) is 16.6 Å². The van der Waals surface area contributed by atoms with Gasteiger partial charge in [-0.15, -0.1) is 0 Å². The van der Waals surface area contributed by atoms with Gasteiger partial charge in [-0.05, 0) is 31.2 Å². The van der Waals surface area contributed by atoms with Crippen LogP contribution in [0, 0.1) is 17.5 Å². The van der Waals surface area contributed by atoms with E-state index in [9.17, 15) is 13.2 Å². The summed E-state index contributed by atoms with van der Waals surface area (Å²) in [4.78, 5) is 0. The Kier molecular flexibility index (Phi) is 4.90. The highest BCUT2D eigenvalue weighted by Gasteiger charge is 2.22. The maximum absolute atomic E-state index is 13.9. The highest BCUT2D eigenvalue weighted by molar-refractivity contribution is 9.10. The third-order valence-corrected chi connectivity index (χ3v) is 3.50. The Morgan fingerprint density at radius 1 is 1.10 bits per heavy atom. The predicted molar refractivity (Wildman–Crippen MR) is 77.7 cm³/mol. The van der Waals surface area contributed by atoms with Crippen LogP contribution in [0.5, 0.6) is 5.75 Å². The van der Waals surface area contributed by atoms with Crippen LogP contribution in [0.15, 0.2) is 34.8 Å². The summed E-state index contributed by atoms with van der Waals surface area (Å²) in [6, 6.07) is 6.11. The standard InChI is InChI=1S/C15H13BrF3NO/c1-2-21-12-6-3-8(16)7-10(12)15(20)9-4-5-11(17)14(19)13(9)18/h3-7,15H,2,20H2,1H3. The molecule has 0 aliphatic rings. The number of ether oxygens (including phenoxy) is 1. The summed E-state index contributed by atoms with van der Waals surface area (Å²) in [7, 11) is 0. The third kappa shape index (κ3) is 3.22. The van der Waals surface area contributed by atoms with Crippen LogP contribution in [0.1, 0.15) is 24.1 Å². The Balaban J connectivity index is 2.51. The van der Waals surface area contributed by atoms with E-state index in [-0.39, 0.29) is 5.56 Å². The monoisotopic (exact) mass is 359 g/mol. The van der Waals surface area contributed by atoms with Gasteiger partial charge in [0.2, 0.25) is 0 Å². The Morgan fingerprint density at radius 3 is 2.48 bits per heavy atom. The molecule has 1 atom stereocenters. The Hall–Kier alpha value is -1.53. The first-order valence-corrected chi connectivity index (χ1v) is 7.06. The lowest BCUT2D eigenvalue weighted by atomic mass is 9.98. The fraction of sp³-hybridized carbons (Fsp3) is 0.200. The first-order valence-electron chi connectivity index (χ1n) is 6.27. The number of halogens is 4. The van der Waals surface area contributed by atoms with Gasteiger partial charge in [0.1, 0.15) is 5.75 Å². The molecule has 0 amide bonds. The molecule has 0 saturated carbocycles. The van der Waals surface area contributed by atoms with Gasteiger partial charge in [-0.2, -0.15) is 0 Å². The van der Waals surface area contributed by atoms with E-state index in [1.165, 1.54) is 0 Å². The average molecular weight is 360 g/mol. The van der Waals surface area contributed by atoms with E-state index in [1.807, 2.05) is 0 Å². The molecule has 0 bridgehead atoms. The van der Waals surface area contributed by atoms with Gasteiger partial charge in [-0.25, -0.2) is 13.2 Å². The Morgan fingerprint density at radius 2 is 1.81 bits per heavy atom. The summed E-state index contributed by atoms with van der Waals surface area (Å²) in [5.74, 6) is -3.60. The molecular formula is C15H13BrF3NO. The van der Waals surface area contributed by atoms with Crippen LogP contribution < -0.4 is 10.5 Å². The molecule has 2 rings (SSSR count). The molecule has 2 N–H and O–H groups in total. The van der Waals surface area contributed by atoms with Gasteiger partial charge < -0.3 is 10.5 Å². The van der Waals surface area contributed by atoms with Crippen LogP contribution in [0.2, 0.25) is 0 Å². The van der Waals surface area contributed by atoms with Gasteiger partial charge in [-0.3, -0.25) is 0 Å². The number of nitrogens with two attached hydrogens (primary N) is 1. The zero-order chi connectivity index (χ0) is 15.6. The maximum Gasteiger partial charge on any atom is 0.194 e. The zero-order valence-electron chi connectivity index (χ0n) is 11.2. The molecule has 112 valence electrons. The summed E-state index contributed by atoms with van der Waals surface area (Å²) in [5.41, 5.74) is 6.36. The van der Waals surface area contributed by atoms with Crippen molar-refractivity contribution in [2.75, 3.05) is 6.61 Å². The minimum atomic E-state index is -1.53. The molecule has 2 aromatic carbocycles. The minimum Gasteiger partial charge on any atom is -0.494 e. The second-order valence-electron chi connectivity index (χ2n) is 4.36. The highest BCUT2D eigenvalue weighted by Crippen LogP contribution is 2.33. The Bertz CT molecular complexity index is 664. The number of hydrogen-bond acceptors (Lipinski definition) is 2. The van der Waals surface area contributed by atoms with E-state index in [0.29, 0.717) is 17.9 Å². The highest BCUT2D eigenvalue weighted by atomic mass is 79.9. The summed E-state index contributed by atoms with van der Waals surface area (Å²) in [6.45, 7) is 2.21. The van der Waals surface area contributed by atoms with Crippen molar-refractivity contribution in [2.24, 2.45) is 5.73 Å². The topological polar surface area (TPSA) is 35.2 Å². The van der Waals surface area contributed by atoms with Gasteiger partial charge in [0.15, 0.2) is 17.5 Å². The molecule has 0 spiro atoms. The lowest BCUT2D eigenvalue weighted by Gasteiger charge is -2.18.